The lowest BCUT2D eigenvalue weighted by Crippen LogP contribution is -2.38. The lowest BCUT2D eigenvalue weighted by molar-refractivity contribution is 0.0941. The SMILES string of the molecule is CCN(CCNC(=O)c1csc(-c2ccccc2)n1)C(C)C. The first-order valence-corrected chi connectivity index (χ1v) is 8.53. The predicted molar refractivity (Wildman–Crippen MR) is 92.3 cm³/mol. The molecule has 0 atom stereocenters. The first-order valence-electron chi connectivity index (χ1n) is 7.65. The van der Waals surface area contributed by atoms with Crippen molar-refractivity contribution in [1.82, 2.24) is 15.2 Å². The number of likely N-dealkylation sites (N-methyl/N-ethyl adjacent to an activating group) is 1. The molecular formula is C17H23N3OS. The number of hydrogen-bond acceptors (Lipinski definition) is 4. The number of rotatable bonds is 7. The maximum atomic E-state index is 12.1. The molecule has 118 valence electrons. The average molecular weight is 317 g/mol. The van der Waals surface area contributed by atoms with Gasteiger partial charge in [-0.1, -0.05) is 37.3 Å². The van der Waals surface area contributed by atoms with Crippen molar-refractivity contribution in [3.05, 3.63) is 41.4 Å². The Labute approximate surface area is 136 Å². The Bertz CT molecular complexity index is 595. The third kappa shape index (κ3) is 4.39. The van der Waals surface area contributed by atoms with Crippen LogP contribution in [0.1, 0.15) is 31.3 Å². The van der Waals surface area contributed by atoms with Crippen LogP contribution in [0.4, 0.5) is 0 Å². The Morgan fingerprint density at radius 2 is 2.05 bits per heavy atom. The summed E-state index contributed by atoms with van der Waals surface area (Å²) in [7, 11) is 0. The van der Waals surface area contributed by atoms with Gasteiger partial charge in [0.1, 0.15) is 10.7 Å². The van der Waals surface area contributed by atoms with Crippen molar-refractivity contribution in [1.29, 1.82) is 0 Å². The predicted octanol–water partition coefficient (Wildman–Crippen LogP) is 3.27. The van der Waals surface area contributed by atoms with E-state index in [2.05, 4.69) is 36.0 Å². The zero-order chi connectivity index (χ0) is 15.9. The van der Waals surface area contributed by atoms with Crippen LogP contribution in [0.25, 0.3) is 10.6 Å². The van der Waals surface area contributed by atoms with Crippen LogP contribution in [0.15, 0.2) is 35.7 Å². The molecule has 0 saturated carbocycles. The smallest absolute Gasteiger partial charge is 0.270 e. The van der Waals surface area contributed by atoms with Crippen LogP contribution in [-0.2, 0) is 0 Å². The number of amides is 1. The molecular weight excluding hydrogens is 294 g/mol. The molecule has 1 heterocycles. The summed E-state index contributed by atoms with van der Waals surface area (Å²) in [6.45, 7) is 8.95. The van der Waals surface area contributed by atoms with Gasteiger partial charge < -0.3 is 5.32 Å². The maximum absolute atomic E-state index is 12.1. The van der Waals surface area contributed by atoms with E-state index >= 15 is 0 Å². The Hall–Kier alpha value is -1.72. The lowest BCUT2D eigenvalue weighted by atomic mass is 10.2. The molecule has 0 bridgehead atoms. The summed E-state index contributed by atoms with van der Waals surface area (Å²) in [4.78, 5) is 18.9. The van der Waals surface area contributed by atoms with E-state index in [-0.39, 0.29) is 5.91 Å². The Morgan fingerprint density at radius 3 is 2.68 bits per heavy atom. The molecule has 0 saturated heterocycles. The van der Waals surface area contributed by atoms with E-state index in [9.17, 15) is 4.79 Å². The van der Waals surface area contributed by atoms with Crippen LogP contribution in [0.3, 0.4) is 0 Å². The van der Waals surface area contributed by atoms with E-state index in [1.807, 2.05) is 35.7 Å². The highest BCUT2D eigenvalue weighted by Gasteiger charge is 2.12. The molecule has 0 aliphatic carbocycles. The molecule has 22 heavy (non-hydrogen) atoms. The number of thiazole rings is 1. The minimum atomic E-state index is -0.0989. The molecule has 0 aliphatic heterocycles. The third-order valence-electron chi connectivity index (χ3n) is 3.58. The first kappa shape index (κ1) is 16.6. The van der Waals surface area contributed by atoms with Crippen LogP contribution in [0.5, 0.6) is 0 Å². The van der Waals surface area contributed by atoms with Gasteiger partial charge in [-0.15, -0.1) is 11.3 Å². The molecule has 0 aliphatic rings. The number of nitrogens with one attached hydrogen (secondary N) is 1. The standard InChI is InChI=1S/C17H23N3OS/c1-4-20(13(2)3)11-10-18-16(21)15-12-22-17(19-15)14-8-6-5-7-9-14/h5-9,12-13H,4,10-11H2,1-3H3,(H,18,21). The molecule has 0 spiro atoms. The van der Waals surface area contributed by atoms with E-state index in [0.29, 0.717) is 18.3 Å². The molecule has 4 nitrogen and oxygen atoms in total. The first-order chi connectivity index (χ1) is 10.6. The zero-order valence-corrected chi connectivity index (χ0v) is 14.2. The van der Waals surface area contributed by atoms with Crippen LogP contribution in [0, 0.1) is 0 Å². The normalized spacial score (nSPS) is 11.1. The van der Waals surface area contributed by atoms with E-state index in [4.69, 9.17) is 0 Å². The van der Waals surface area contributed by atoms with Gasteiger partial charge in [0.25, 0.3) is 5.91 Å². The van der Waals surface area contributed by atoms with Crippen molar-refractivity contribution >= 4 is 17.2 Å². The van der Waals surface area contributed by atoms with Gasteiger partial charge in [-0.25, -0.2) is 4.98 Å². The van der Waals surface area contributed by atoms with Crippen LogP contribution >= 0.6 is 11.3 Å². The fourth-order valence-corrected chi connectivity index (χ4v) is 3.08. The second-order valence-electron chi connectivity index (χ2n) is 5.38. The Morgan fingerprint density at radius 1 is 1.32 bits per heavy atom. The summed E-state index contributed by atoms with van der Waals surface area (Å²) in [5.74, 6) is -0.0989. The lowest BCUT2D eigenvalue weighted by Gasteiger charge is -2.24. The van der Waals surface area contributed by atoms with E-state index in [1.165, 1.54) is 11.3 Å². The largest absolute Gasteiger partial charge is 0.349 e. The summed E-state index contributed by atoms with van der Waals surface area (Å²) < 4.78 is 0. The van der Waals surface area contributed by atoms with Gasteiger partial charge in [0, 0.05) is 30.1 Å². The maximum Gasteiger partial charge on any atom is 0.270 e. The van der Waals surface area contributed by atoms with Gasteiger partial charge in [-0.05, 0) is 20.4 Å². The molecule has 0 fully saturated rings. The highest BCUT2D eigenvalue weighted by molar-refractivity contribution is 7.13. The fourth-order valence-electron chi connectivity index (χ4n) is 2.28. The van der Waals surface area contributed by atoms with Gasteiger partial charge in [-0.3, -0.25) is 9.69 Å². The average Bonchev–Trinajstić information content (AvgIpc) is 3.02. The van der Waals surface area contributed by atoms with Gasteiger partial charge in [0.15, 0.2) is 0 Å². The van der Waals surface area contributed by atoms with Gasteiger partial charge in [0.05, 0.1) is 0 Å². The summed E-state index contributed by atoms with van der Waals surface area (Å²) in [6, 6.07) is 10.4. The summed E-state index contributed by atoms with van der Waals surface area (Å²) in [6.07, 6.45) is 0. The Balaban J connectivity index is 1.90. The number of carbonyl (C=O) groups is 1. The zero-order valence-electron chi connectivity index (χ0n) is 13.4. The minimum Gasteiger partial charge on any atom is -0.349 e. The van der Waals surface area contributed by atoms with Crippen molar-refractivity contribution in [3.8, 4) is 10.6 Å². The van der Waals surface area contributed by atoms with Gasteiger partial charge in [-0.2, -0.15) is 0 Å². The molecule has 5 heteroatoms. The van der Waals surface area contributed by atoms with Crippen LogP contribution < -0.4 is 5.32 Å². The minimum absolute atomic E-state index is 0.0989. The highest BCUT2D eigenvalue weighted by atomic mass is 32.1. The topological polar surface area (TPSA) is 45.2 Å². The van der Waals surface area contributed by atoms with Gasteiger partial charge >= 0.3 is 0 Å². The molecule has 0 unspecified atom stereocenters. The van der Waals surface area contributed by atoms with Crippen LogP contribution in [0.2, 0.25) is 0 Å². The third-order valence-corrected chi connectivity index (χ3v) is 4.47. The second kappa shape index (κ2) is 8.06. The van der Waals surface area contributed by atoms with Crippen molar-refractivity contribution < 1.29 is 4.79 Å². The molecule has 1 aromatic heterocycles. The molecule has 1 amide bonds. The van der Waals surface area contributed by atoms with Crippen molar-refractivity contribution in [3.63, 3.8) is 0 Å². The number of benzene rings is 1. The molecule has 1 aromatic carbocycles. The monoisotopic (exact) mass is 317 g/mol. The van der Waals surface area contributed by atoms with E-state index < -0.39 is 0 Å². The van der Waals surface area contributed by atoms with E-state index in [1.54, 1.807) is 0 Å². The molecule has 2 aromatic rings. The van der Waals surface area contributed by atoms with Crippen molar-refractivity contribution in [2.75, 3.05) is 19.6 Å². The van der Waals surface area contributed by atoms with Crippen LogP contribution in [-0.4, -0.2) is 41.5 Å². The summed E-state index contributed by atoms with van der Waals surface area (Å²) in [5.41, 5.74) is 1.54. The summed E-state index contributed by atoms with van der Waals surface area (Å²) in [5, 5.41) is 5.64. The number of carbonyl (C=O) groups excluding carboxylic acids is 1. The van der Waals surface area contributed by atoms with Crippen molar-refractivity contribution in [2.45, 2.75) is 26.8 Å². The summed E-state index contributed by atoms with van der Waals surface area (Å²) >= 11 is 1.50. The quantitative estimate of drug-likeness (QED) is 0.852. The molecule has 2 rings (SSSR count). The number of nitrogens with zero attached hydrogens (tertiary/aromatic N) is 2. The molecule has 1 N–H and O–H groups in total. The number of aromatic nitrogens is 1. The molecule has 0 radical (unpaired) electrons. The fraction of sp³-hybridized carbons (Fsp3) is 0.412. The second-order valence-corrected chi connectivity index (χ2v) is 6.24. The van der Waals surface area contributed by atoms with Gasteiger partial charge in [0.2, 0.25) is 0 Å². The Kier molecular flexibility index (Phi) is 6.10. The van der Waals surface area contributed by atoms with E-state index in [0.717, 1.165) is 23.7 Å². The highest BCUT2D eigenvalue weighted by Crippen LogP contribution is 2.23. The van der Waals surface area contributed by atoms with Crippen molar-refractivity contribution in [2.24, 2.45) is 0 Å². The number of hydrogen-bond donors (Lipinski definition) is 1.